The first-order valence-electron chi connectivity index (χ1n) is 4.96. The van der Waals surface area contributed by atoms with Crippen LogP contribution in [0.3, 0.4) is 0 Å². The quantitative estimate of drug-likeness (QED) is 0.841. The molecule has 1 amide bonds. The Hall–Kier alpha value is -2.02. The van der Waals surface area contributed by atoms with Crippen molar-refractivity contribution >= 4 is 23.1 Å². The topological polar surface area (TPSA) is 79.8 Å². The molecule has 0 saturated heterocycles. The summed E-state index contributed by atoms with van der Waals surface area (Å²) in [5.41, 5.74) is 3.02. The number of thiazole rings is 1. The van der Waals surface area contributed by atoms with Gasteiger partial charge in [-0.05, 0) is 12.1 Å². The maximum absolute atomic E-state index is 11.2. The number of anilines is 1. The van der Waals surface area contributed by atoms with Crippen LogP contribution >= 0.6 is 11.3 Å². The Labute approximate surface area is 102 Å². The summed E-state index contributed by atoms with van der Waals surface area (Å²) in [5, 5.41) is 15.2. The van der Waals surface area contributed by atoms with Gasteiger partial charge < -0.3 is 10.6 Å². The minimum atomic E-state index is -0.247. The van der Waals surface area contributed by atoms with Crippen LogP contribution in [0.15, 0.2) is 23.0 Å². The van der Waals surface area contributed by atoms with E-state index in [1.54, 1.807) is 36.0 Å². The van der Waals surface area contributed by atoms with Gasteiger partial charge in [-0.15, -0.1) is 21.5 Å². The number of carbonyl (C=O) groups excluding carboxylic acids is 1. The molecule has 2 N–H and O–H groups in total. The van der Waals surface area contributed by atoms with E-state index >= 15 is 0 Å². The number of amides is 1. The summed E-state index contributed by atoms with van der Waals surface area (Å²) in [6.45, 7) is 0.595. The number of hydrogen-bond acceptors (Lipinski definition) is 6. The normalized spacial score (nSPS) is 9.94. The molecule has 6 nitrogen and oxygen atoms in total. The van der Waals surface area contributed by atoms with Gasteiger partial charge in [-0.3, -0.25) is 4.79 Å². The van der Waals surface area contributed by atoms with Crippen LogP contribution in [-0.2, 0) is 6.54 Å². The maximum Gasteiger partial charge on any atom is 0.271 e. The van der Waals surface area contributed by atoms with Gasteiger partial charge >= 0.3 is 0 Å². The summed E-state index contributed by atoms with van der Waals surface area (Å²) in [4.78, 5) is 15.4. The zero-order valence-corrected chi connectivity index (χ0v) is 9.99. The summed E-state index contributed by atoms with van der Waals surface area (Å²) in [6, 6.07) is 3.33. The number of rotatable bonds is 4. The van der Waals surface area contributed by atoms with Gasteiger partial charge in [-0.25, -0.2) is 4.98 Å². The molecule has 0 bridgehead atoms. The highest BCUT2D eigenvalue weighted by Crippen LogP contribution is 2.06. The summed E-state index contributed by atoms with van der Waals surface area (Å²) in [5.74, 6) is 0.370. The monoisotopic (exact) mass is 249 g/mol. The van der Waals surface area contributed by atoms with Crippen molar-refractivity contribution in [3.05, 3.63) is 34.4 Å². The predicted octanol–water partition coefficient (Wildman–Crippen LogP) is 0.905. The molecule has 0 atom stereocenters. The van der Waals surface area contributed by atoms with Crippen LogP contribution in [0.2, 0.25) is 0 Å². The third-order valence-electron chi connectivity index (χ3n) is 2.06. The van der Waals surface area contributed by atoms with Crippen LogP contribution in [0.5, 0.6) is 0 Å². The highest BCUT2D eigenvalue weighted by molar-refractivity contribution is 7.07. The van der Waals surface area contributed by atoms with Crippen molar-refractivity contribution < 1.29 is 4.79 Å². The van der Waals surface area contributed by atoms with E-state index < -0.39 is 0 Å². The number of nitrogens with one attached hydrogen (secondary N) is 2. The number of aromatic nitrogens is 3. The second-order valence-electron chi connectivity index (χ2n) is 3.22. The fourth-order valence-corrected chi connectivity index (χ4v) is 1.74. The van der Waals surface area contributed by atoms with E-state index in [0.717, 1.165) is 5.69 Å². The van der Waals surface area contributed by atoms with Crippen LogP contribution in [0, 0.1) is 0 Å². The smallest absolute Gasteiger partial charge is 0.271 e. The molecule has 0 fully saturated rings. The fraction of sp³-hybridized carbons (Fsp3) is 0.200. The molecule has 0 aliphatic carbocycles. The van der Waals surface area contributed by atoms with Crippen molar-refractivity contribution in [2.75, 3.05) is 12.4 Å². The second-order valence-corrected chi connectivity index (χ2v) is 3.93. The molecular formula is C10H11N5OS. The average Bonchev–Trinajstić information content (AvgIpc) is 2.89. The first-order valence-corrected chi connectivity index (χ1v) is 5.90. The fourth-order valence-electron chi connectivity index (χ4n) is 1.18. The van der Waals surface area contributed by atoms with E-state index in [9.17, 15) is 4.79 Å². The molecule has 0 unspecified atom stereocenters. The van der Waals surface area contributed by atoms with Crippen molar-refractivity contribution in [2.24, 2.45) is 0 Å². The molecule has 17 heavy (non-hydrogen) atoms. The molecular weight excluding hydrogens is 238 g/mol. The van der Waals surface area contributed by atoms with Gasteiger partial charge in [0.1, 0.15) is 5.82 Å². The lowest BCUT2D eigenvalue weighted by molar-refractivity contribution is 0.0957. The molecule has 0 saturated carbocycles. The SMILES string of the molecule is CNC(=O)c1ccc(NCc2cscn2)nn1. The van der Waals surface area contributed by atoms with Gasteiger partial charge in [0.25, 0.3) is 5.91 Å². The molecule has 0 spiro atoms. The third-order valence-corrected chi connectivity index (χ3v) is 2.69. The summed E-state index contributed by atoms with van der Waals surface area (Å²) in [6.07, 6.45) is 0. The van der Waals surface area contributed by atoms with Crippen LogP contribution in [0.1, 0.15) is 16.2 Å². The second kappa shape index (κ2) is 5.35. The minimum Gasteiger partial charge on any atom is -0.363 e. The van der Waals surface area contributed by atoms with Gasteiger partial charge in [0.2, 0.25) is 0 Å². The lowest BCUT2D eigenvalue weighted by Crippen LogP contribution is -2.19. The Morgan fingerprint density at radius 1 is 1.41 bits per heavy atom. The number of carbonyl (C=O) groups is 1. The lowest BCUT2D eigenvalue weighted by atomic mass is 10.3. The largest absolute Gasteiger partial charge is 0.363 e. The summed E-state index contributed by atoms with van der Waals surface area (Å²) >= 11 is 1.54. The predicted molar refractivity (Wildman–Crippen MR) is 64.9 cm³/mol. The van der Waals surface area contributed by atoms with Gasteiger partial charge in [0.05, 0.1) is 17.7 Å². The first-order chi connectivity index (χ1) is 8.29. The Morgan fingerprint density at radius 2 is 2.29 bits per heavy atom. The minimum absolute atomic E-state index is 0.247. The van der Waals surface area contributed by atoms with Crippen molar-refractivity contribution in [3.63, 3.8) is 0 Å². The van der Waals surface area contributed by atoms with Gasteiger partial charge in [-0.1, -0.05) is 0 Å². The van der Waals surface area contributed by atoms with E-state index in [-0.39, 0.29) is 5.91 Å². The Bertz CT molecular complexity index is 482. The van der Waals surface area contributed by atoms with Crippen molar-refractivity contribution in [2.45, 2.75) is 6.54 Å². The van der Waals surface area contributed by atoms with Crippen molar-refractivity contribution in [3.8, 4) is 0 Å². The Morgan fingerprint density at radius 3 is 2.88 bits per heavy atom. The van der Waals surface area contributed by atoms with Gasteiger partial charge in [-0.2, -0.15) is 0 Å². The molecule has 2 rings (SSSR count). The van der Waals surface area contributed by atoms with E-state index in [1.807, 2.05) is 5.38 Å². The Kier molecular flexibility index (Phi) is 3.61. The van der Waals surface area contributed by atoms with Crippen molar-refractivity contribution in [1.29, 1.82) is 0 Å². The first kappa shape index (κ1) is 11.5. The molecule has 2 aromatic rings. The highest BCUT2D eigenvalue weighted by atomic mass is 32.1. The molecule has 0 radical (unpaired) electrons. The standard InChI is InChI=1S/C10H11N5OS/c1-11-10(16)8-2-3-9(15-14-8)12-4-7-5-17-6-13-7/h2-3,5-6H,4H2,1H3,(H,11,16)(H,12,15). The van der Waals surface area contributed by atoms with Crippen molar-refractivity contribution in [1.82, 2.24) is 20.5 Å². The molecule has 0 aliphatic rings. The zero-order chi connectivity index (χ0) is 12.1. The van der Waals surface area contributed by atoms with Crippen LogP contribution in [0.4, 0.5) is 5.82 Å². The average molecular weight is 249 g/mol. The lowest BCUT2D eigenvalue weighted by Gasteiger charge is -2.03. The van der Waals surface area contributed by atoms with Crippen LogP contribution in [-0.4, -0.2) is 28.1 Å². The maximum atomic E-state index is 11.2. The molecule has 7 heteroatoms. The summed E-state index contributed by atoms with van der Waals surface area (Å²) in [7, 11) is 1.55. The molecule has 2 heterocycles. The van der Waals surface area contributed by atoms with Crippen LogP contribution in [0.25, 0.3) is 0 Å². The molecule has 0 aromatic carbocycles. The number of nitrogens with zero attached hydrogens (tertiary/aromatic N) is 3. The van der Waals surface area contributed by atoms with E-state index in [4.69, 9.17) is 0 Å². The third kappa shape index (κ3) is 2.97. The van der Waals surface area contributed by atoms with Gasteiger partial charge in [0, 0.05) is 12.4 Å². The molecule has 88 valence electrons. The Balaban J connectivity index is 1.96. The van der Waals surface area contributed by atoms with E-state index in [0.29, 0.717) is 18.1 Å². The number of hydrogen-bond donors (Lipinski definition) is 2. The van der Waals surface area contributed by atoms with Crippen LogP contribution < -0.4 is 10.6 Å². The van der Waals surface area contributed by atoms with E-state index in [1.165, 1.54) is 0 Å². The molecule has 0 aliphatic heterocycles. The zero-order valence-electron chi connectivity index (χ0n) is 9.17. The highest BCUT2D eigenvalue weighted by Gasteiger charge is 2.05. The van der Waals surface area contributed by atoms with Gasteiger partial charge in [0.15, 0.2) is 5.69 Å². The molecule has 2 aromatic heterocycles. The van der Waals surface area contributed by atoms with E-state index in [2.05, 4.69) is 25.8 Å². The summed E-state index contributed by atoms with van der Waals surface area (Å²) < 4.78 is 0.